The van der Waals surface area contributed by atoms with Crippen LogP contribution in [-0.4, -0.2) is 52.5 Å². The number of aromatic hydroxyl groups is 1. The molecular formula is C21H20Cl2N4O4. The number of carbonyl (C=O) groups is 3. The van der Waals surface area contributed by atoms with Gasteiger partial charge in [0.1, 0.15) is 17.8 Å². The van der Waals surface area contributed by atoms with Crippen LogP contribution in [0, 0.1) is 0 Å². The molecule has 31 heavy (non-hydrogen) atoms. The number of piperazine rings is 1. The second kappa shape index (κ2) is 8.64. The number of amides is 4. The molecule has 0 radical (unpaired) electrons. The summed E-state index contributed by atoms with van der Waals surface area (Å²) in [4.78, 5) is 39.4. The lowest BCUT2D eigenvalue weighted by molar-refractivity contribution is -0.147. The van der Waals surface area contributed by atoms with Crippen LogP contribution in [0.15, 0.2) is 42.5 Å². The second-order valence-electron chi connectivity index (χ2n) is 7.57. The lowest BCUT2D eigenvalue weighted by Gasteiger charge is -2.34. The molecule has 2 heterocycles. The molecule has 10 heteroatoms. The SMILES string of the molecule is O=C(Nc1cccc(Cl)c1Cl)N[C@H]1C[C@H]2C(=O)N[C@@H](Cc3ccc(O)cc3)C(=O)N2C1. The van der Waals surface area contributed by atoms with Gasteiger partial charge >= 0.3 is 6.03 Å². The maximum Gasteiger partial charge on any atom is 0.319 e. The molecule has 4 rings (SSSR count). The molecule has 0 saturated carbocycles. The minimum absolute atomic E-state index is 0.133. The number of hydrogen-bond donors (Lipinski definition) is 4. The second-order valence-corrected chi connectivity index (χ2v) is 8.36. The summed E-state index contributed by atoms with van der Waals surface area (Å²) in [6.45, 7) is 0.236. The van der Waals surface area contributed by atoms with Crippen molar-refractivity contribution in [2.45, 2.75) is 31.0 Å². The van der Waals surface area contributed by atoms with E-state index in [-0.39, 0.29) is 35.2 Å². The first-order valence-corrected chi connectivity index (χ1v) is 10.5. The lowest BCUT2D eigenvalue weighted by atomic mass is 10.0. The molecule has 2 saturated heterocycles. The minimum atomic E-state index is -0.689. The van der Waals surface area contributed by atoms with Crippen molar-refractivity contribution in [3.05, 3.63) is 58.1 Å². The van der Waals surface area contributed by atoms with Crippen molar-refractivity contribution in [2.75, 3.05) is 11.9 Å². The van der Waals surface area contributed by atoms with Gasteiger partial charge in [0.2, 0.25) is 11.8 Å². The topological polar surface area (TPSA) is 111 Å². The van der Waals surface area contributed by atoms with Crippen LogP contribution in [0.5, 0.6) is 5.75 Å². The fraction of sp³-hybridized carbons (Fsp3) is 0.286. The first-order chi connectivity index (χ1) is 14.8. The van der Waals surface area contributed by atoms with E-state index >= 15 is 0 Å². The summed E-state index contributed by atoms with van der Waals surface area (Å²) in [7, 11) is 0. The predicted molar refractivity (Wildman–Crippen MR) is 116 cm³/mol. The van der Waals surface area contributed by atoms with Gasteiger partial charge < -0.3 is 26.0 Å². The van der Waals surface area contributed by atoms with E-state index in [0.29, 0.717) is 23.6 Å². The minimum Gasteiger partial charge on any atom is -0.508 e. The zero-order valence-electron chi connectivity index (χ0n) is 16.3. The Balaban J connectivity index is 1.38. The van der Waals surface area contributed by atoms with Crippen LogP contribution in [0.25, 0.3) is 0 Å². The maximum atomic E-state index is 12.9. The zero-order chi connectivity index (χ0) is 22.1. The first kappa shape index (κ1) is 21.3. The van der Waals surface area contributed by atoms with Crippen molar-refractivity contribution in [1.82, 2.24) is 15.5 Å². The number of fused-ring (bicyclic) bond motifs is 1. The number of phenolic OH excluding ortho intramolecular Hbond substituents is 1. The van der Waals surface area contributed by atoms with Crippen molar-refractivity contribution in [3.63, 3.8) is 0 Å². The van der Waals surface area contributed by atoms with Crippen LogP contribution >= 0.6 is 23.2 Å². The highest BCUT2D eigenvalue weighted by atomic mass is 35.5. The molecule has 3 atom stereocenters. The Kier molecular flexibility index (Phi) is 5.93. The number of rotatable bonds is 4. The number of hydrogen-bond acceptors (Lipinski definition) is 4. The summed E-state index contributed by atoms with van der Waals surface area (Å²) in [6, 6.07) is 9.19. The number of urea groups is 1. The van der Waals surface area contributed by atoms with Gasteiger partial charge in [-0.15, -0.1) is 0 Å². The van der Waals surface area contributed by atoms with Crippen LogP contribution in [0.4, 0.5) is 10.5 Å². The number of carbonyl (C=O) groups excluding carboxylic acids is 3. The fourth-order valence-electron chi connectivity index (χ4n) is 3.91. The maximum absolute atomic E-state index is 12.9. The van der Waals surface area contributed by atoms with Gasteiger partial charge in [0.05, 0.1) is 21.8 Å². The van der Waals surface area contributed by atoms with Crippen LogP contribution in [0.1, 0.15) is 12.0 Å². The molecule has 2 aromatic rings. The van der Waals surface area contributed by atoms with Gasteiger partial charge in [0.15, 0.2) is 0 Å². The molecule has 0 aromatic heterocycles. The van der Waals surface area contributed by atoms with Crippen molar-refractivity contribution in [2.24, 2.45) is 0 Å². The standard InChI is InChI=1S/C21H20Cl2N4O4/c22-14-2-1-3-15(18(14)23)26-21(31)24-12-9-17-19(29)25-16(20(30)27(17)10-12)8-11-4-6-13(28)7-5-11/h1-7,12,16-17,28H,8-10H2,(H,25,29)(H2,24,26,31)/t12-,16-,17-/m0/s1. The molecule has 2 aliphatic heterocycles. The van der Waals surface area contributed by atoms with E-state index < -0.39 is 18.1 Å². The fourth-order valence-corrected chi connectivity index (χ4v) is 4.26. The molecule has 0 bridgehead atoms. The Hall–Kier alpha value is -2.97. The van der Waals surface area contributed by atoms with Crippen LogP contribution in [0.2, 0.25) is 10.0 Å². The van der Waals surface area contributed by atoms with Gasteiger partial charge in [0, 0.05) is 13.0 Å². The highest BCUT2D eigenvalue weighted by Gasteiger charge is 2.46. The van der Waals surface area contributed by atoms with Gasteiger partial charge in [-0.2, -0.15) is 0 Å². The van der Waals surface area contributed by atoms with E-state index in [1.807, 2.05) is 0 Å². The van der Waals surface area contributed by atoms with Gasteiger partial charge in [-0.05, 0) is 36.2 Å². The molecule has 0 spiro atoms. The first-order valence-electron chi connectivity index (χ1n) is 9.72. The molecular weight excluding hydrogens is 443 g/mol. The molecule has 2 fully saturated rings. The van der Waals surface area contributed by atoms with Gasteiger partial charge in [0.25, 0.3) is 0 Å². The third-order valence-electron chi connectivity index (χ3n) is 5.41. The molecule has 4 N–H and O–H groups in total. The number of anilines is 1. The normalized spacial score (nSPS) is 22.6. The monoisotopic (exact) mass is 462 g/mol. The van der Waals surface area contributed by atoms with E-state index in [4.69, 9.17) is 23.2 Å². The smallest absolute Gasteiger partial charge is 0.319 e. The summed E-state index contributed by atoms with van der Waals surface area (Å²) < 4.78 is 0. The van der Waals surface area contributed by atoms with Crippen molar-refractivity contribution >= 4 is 46.7 Å². The summed E-state index contributed by atoms with van der Waals surface area (Å²) in [5.41, 5.74) is 1.19. The van der Waals surface area contributed by atoms with Crippen LogP contribution < -0.4 is 16.0 Å². The van der Waals surface area contributed by atoms with E-state index in [1.54, 1.807) is 30.3 Å². The van der Waals surface area contributed by atoms with Gasteiger partial charge in [-0.25, -0.2) is 4.79 Å². The van der Waals surface area contributed by atoms with Crippen LogP contribution in [0.3, 0.4) is 0 Å². The summed E-state index contributed by atoms with van der Waals surface area (Å²) in [5.74, 6) is -0.306. The number of phenols is 1. The van der Waals surface area contributed by atoms with Crippen LogP contribution in [-0.2, 0) is 16.0 Å². The van der Waals surface area contributed by atoms with E-state index in [1.165, 1.54) is 17.0 Å². The largest absolute Gasteiger partial charge is 0.508 e. The summed E-state index contributed by atoms with van der Waals surface area (Å²) in [6.07, 6.45) is 0.639. The number of nitrogens with zero attached hydrogens (tertiary/aromatic N) is 1. The Morgan fingerprint density at radius 2 is 1.90 bits per heavy atom. The lowest BCUT2D eigenvalue weighted by Crippen LogP contribution is -2.61. The van der Waals surface area contributed by atoms with Crippen molar-refractivity contribution in [1.29, 1.82) is 0 Å². The summed E-state index contributed by atoms with van der Waals surface area (Å²) in [5, 5.41) is 18.2. The van der Waals surface area contributed by atoms with E-state index in [2.05, 4.69) is 16.0 Å². The zero-order valence-corrected chi connectivity index (χ0v) is 17.8. The Labute approximate surface area is 188 Å². The molecule has 0 aliphatic carbocycles. The highest BCUT2D eigenvalue weighted by molar-refractivity contribution is 6.43. The number of nitrogens with one attached hydrogen (secondary N) is 3. The van der Waals surface area contributed by atoms with Gasteiger partial charge in [-0.1, -0.05) is 41.4 Å². The molecule has 2 aromatic carbocycles. The molecule has 0 unspecified atom stereocenters. The summed E-state index contributed by atoms with van der Waals surface area (Å²) >= 11 is 12.0. The van der Waals surface area contributed by atoms with Crippen molar-refractivity contribution in [3.8, 4) is 5.75 Å². The van der Waals surface area contributed by atoms with Gasteiger partial charge in [-0.3, -0.25) is 9.59 Å². The molecule has 8 nitrogen and oxygen atoms in total. The Bertz CT molecular complexity index is 1030. The third-order valence-corrected chi connectivity index (χ3v) is 6.23. The quantitative estimate of drug-likeness (QED) is 0.559. The molecule has 162 valence electrons. The third kappa shape index (κ3) is 4.55. The number of halogens is 2. The average Bonchev–Trinajstić information content (AvgIpc) is 3.15. The highest BCUT2D eigenvalue weighted by Crippen LogP contribution is 2.30. The molecule has 4 amide bonds. The predicted octanol–water partition coefficient (Wildman–Crippen LogP) is 2.53. The van der Waals surface area contributed by atoms with E-state index in [9.17, 15) is 19.5 Å². The molecule has 2 aliphatic rings. The van der Waals surface area contributed by atoms with Crippen molar-refractivity contribution < 1.29 is 19.5 Å². The van der Waals surface area contributed by atoms with E-state index in [0.717, 1.165) is 5.56 Å². The number of benzene rings is 2. The Morgan fingerprint density at radius 1 is 1.16 bits per heavy atom. The Morgan fingerprint density at radius 3 is 2.65 bits per heavy atom. The average molecular weight is 463 g/mol.